The first-order chi connectivity index (χ1) is 8.15. The molecule has 0 saturated carbocycles. The molecule has 0 saturated heterocycles. The molecule has 3 heteroatoms. The molecule has 1 rings (SSSR count). The van der Waals surface area contributed by atoms with Gasteiger partial charge in [-0.25, -0.2) is 0 Å². The highest BCUT2D eigenvalue weighted by molar-refractivity contribution is 5.38. The van der Waals surface area contributed by atoms with Gasteiger partial charge in [0.15, 0.2) is 0 Å². The Hall–Kier alpha value is -1.53. The molecule has 1 aromatic carbocycles. The van der Waals surface area contributed by atoms with Gasteiger partial charge in [-0.1, -0.05) is 12.1 Å². The number of nitrogens with zero attached hydrogens (tertiary/aromatic N) is 1. The largest absolute Gasteiger partial charge is 0.493 e. The lowest BCUT2D eigenvalue weighted by Gasteiger charge is -2.14. The minimum Gasteiger partial charge on any atom is -0.493 e. The van der Waals surface area contributed by atoms with Crippen LogP contribution in [0.3, 0.4) is 0 Å². The Balaban J connectivity index is 2.57. The standard InChI is InChI=1S/C14H20N2O/c1-11-6-7-13(12(2)16)14(10-11)17-9-5-3-4-8-15/h6-7,10,12H,3-5,9,16H2,1-2H3. The van der Waals surface area contributed by atoms with Gasteiger partial charge >= 0.3 is 0 Å². The van der Waals surface area contributed by atoms with Crippen molar-refractivity contribution in [2.24, 2.45) is 5.73 Å². The third-order valence-corrected chi connectivity index (χ3v) is 2.60. The molecule has 1 atom stereocenters. The van der Waals surface area contributed by atoms with Crippen LogP contribution in [0.25, 0.3) is 0 Å². The van der Waals surface area contributed by atoms with Crippen LogP contribution in [-0.2, 0) is 0 Å². The van der Waals surface area contributed by atoms with Gasteiger partial charge in [0, 0.05) is 18.0 Å². The maximum absolute atomic E-state index is 8.43. The number of rotatable bonds is 6. The van der Waals surface area contributed by atoms with Gasteiger partial charge < -0.3 is 10.5 Å². The third kappa shape index (κ3) is 4.46. The van der Waals surface area contributed by atoms with Crippen LogP contribution in [0.2, 0.25) is 0 Å². The summed E-state index contributed by atoms with van der Waals surface area (Å²) in [6.45, 7) is 4.63. The van der Waals surface area contributed by atoms with Crippen molar-refractivity contribution in [3.05, 3.63) is 29.3 Å². The van der Waals surface area contributed by atoms with E-state index in [2.05, 4.69) is 6.07 Å². The zero-order chi connectivity index (χ0) is 12.7. The van der Waals surface area contributed by atoms with Gasteiger partial charge in [0.2, 0.25) is 0 Å². The summed E-state index contributed by atoms with van der Waals surface area (Å²) >= 11 is 0. The zero-order valence-corrected chi connectivity index (χ0v) is 10.6. The van der Waals surface area contributed by atoms with Gasteiger partial charge in [-0.3, -0.25) is 0 Å². The van der Waals surface area contributed by atoms with Gasteiger partial charge in [0.05, 0.1) is 12.7 Å². The molecular weight excluding hydrogens is 212 g/mol. The third-order valence-electron chi connectivity index (χ3n) is 2.60. The van der Waals surface area contributed by atoms with Crippen LogP contribution in [0.4, 0.5) is 0 Å². The second kappa shape index (κ2) is 6.93. The first-order valence-electron chi connectivity index (χ1n) is 6.01. The molecule has 0 aliphatic rings. The molecule has 17 heavy (non-hydrogen) atoms. The van der Waals surface area contributed by atoms with Gasteiger partial charge in [0.25, 0.3) is 0 Å². The fraction of sp³-hybridized carbons (Fsp3) is 0.500. The summed E-state index contributed by atoms with van der Waals surface area (Å²) in [4.78, 5) is 0. The average Bonchev–Trinajstić information content (AvgIpc) is 2.28. The molecule has 0 bridgehead atoms. The normalized spacial score (nSPS) is 11.9. The molecule has 0 amide bonds. The quantitative estimate of drug-likeness (QED) is 0.767. The molecule has 0 radical (unpaired) electrons. The summed E-state index contributed by atoms with van der Waals surface area (Å²) in [5.41, 5.74) is 8.10. The van der Waals surface area contributed by atoms with Crippen LogP contribution in [0, 0.1) is 18.3 Å². The van der Waals surface area contributed by atoms with E-state index < -0.39 is 0 Å². The monoisotopic (exact) mass is 232 g/mol. The van der Waals surface area contributed by atoms with Crippen LogP contribution in [-0.4, -0.2) is 6.61 Å². The fourth-order valence-corrected chi connectivity index (χ4v) is 1.63. The molecule has 0 aliphatic carbocycles. The van der Waals surface area contributed by atoms with Crippen molar-refractivity contribution in [1.29, 1.82) is 5.26 Å². The Bertz CT molecular complexity index is 394. The molecular formula is C14H20N2O. The summed E-state index contributed by atoms with van der Waals surface area (Å²) in [5.74, 6) is 0.872. The maximum Gasteiger partial charge on any atom is 0.124 e. The number of nitrogens with two attached hydrogens (primary N) is 1. The van der Waals surface area contributed by atoms with E-state index >= 15 is 0 Å². The minimum absolute atomic E-state index is 0.0234. The molecule has 0 spiro atoms. The number of hydrogen-bond donors (Lipinski definition) is 1. The number of aryl methyl sites for hydroxylation is 1. The van der Waals surface area contributed by atoms with Crippen molar-refractivity contribution in [3.63, 3.8) is 0 Å². The Labute approximate surface area is 103 Å². The molecule has 92 valence electrons. The van der Waals surface area contributed by atoms with E-state index in [9.17, 15) is 0 Å². The van der Waals surface area contributed by atoms with E-state index in [1.807, 2.05) is 32.0 Å². The fourth-order valence-electron chi connectivity index (χ4n) is 1.63. The highest BCUT2D eigenvalue weighted by atomic mass is 16.5. The highest BCUT2D eigenvalue weighted by Crippen LogP contribution is 2.25. The predicted molar refractivity (Wildman–Crippen MR) is 68.7 cm³/mol. The van der Waals surface area contributed by atoms with E-state index in [0.29, 0.717) is 13.0 Å². The van der Waals surface area contributed by atoms with Crippen LogP contribution in [0.15, 0.2) is 18.2 Å². The van der Waals surface area contributed by atoms with E-state index in [1.54, 1.807) is 0 Å². The van der Waals surface area contributed by atoms with E-state index in [1.165, 1.54) is 5.56 Å². The second-order valence-corrected chi connectivity index (χ2v) is 4.29. The molecule has 1 aromatic rings. The van der Waals surface area contributed by atoms with Crippen LogP contribution < -0.4 is 10.5 Å². The minimum atomic E-state index is -0.0234. The second-order valence-electron chi connectivity index (χ2n) is 4.29. The molecule has 0 fully saturated rings. The predicted octanol–water partition coefficient (Wildman–Crippen LogP) is 3.09. The smallest absolute Gasteiger partial charge is 0.124 e. The van der Waals surface area contributed by atoms with Crippen LogP contribution in [0.5, 0.6) is 5.75 Å². The number of unbranched alkanes of at least 4 members (excludes halogenated alkanes) is 2. The van der Waals surface area contributed by atoms with E-state index in [4.69, 9.17) is 15.7 Å². The van der Waals surface area contributed by atoms with Crippen molar-refractivity contribution in [1.82, 2.24) is 0 Å². The molecule has 0 heterocycles. The SMILES string of the molecule is Cc1ccc(C(C)N)c(OCCCCC#N)c1. The van der Waals surface area contributed by atoms with Gasteiger partial charge in [-0.2, -0.15) is 5.26 Å². The van der Waals surface area contributed by atoms with Crippen molar-refractivity contribution >= 4 is 0 Å². The summed E-state index contributed by atoms with van der Waals surface area (Å²) in [6, 6.07) is 8.18. The van der Waals surface area contributed by atoms with Crippen molar-refractivity contribution in [3.8, 4) is 11.8 Å². The Morgan fingerprint density at radius 3 is 2.82 bits per heavy atom. The van der Waals surface area contributed by atoms with E-state index in [0.717, 1.165) is 24.2 Å². The summed E-state index contributed by atoms with van der Waals surface area (Å²) in [7, 11) is 0. The molecule has 0 aromatic heterocycles. The van der Waals surface area contributed by atoms with Crippen molar-refractivity contribution in [2.75, 3.05) is 6.61 Å². The summed E-state index contributed by atoms with van der Waals surface area (Å²) < 4.78 is 5.74. The van der Waals surface area contributed by atoms with Crippen molar-refractivity contribution in [2.45, 2.75) is 39.2 Å². The lowest BCUT2D eigenvalue weighted by Crippen LogP contribution is -2.09. The van der Waals surface area contributed by atoms with Gasteiger partial charge in [-0.15, -0.1) is 0 Å². The van der Waals surface area contributed by atoms with E-state index in [-0.39, 0.29) is 6.04 Å². The molecule has 0 aliphatic heterocycles. The number of ether oxygens (including phenoxy) is 1. The topological polar surface area (TPSA) is 59.0 Å². The molecule has 1 unspecified atom stereocenters. The maximum atomic E-state index is 8.43. The summed E-state index contributed by atoms with van der Waals surface area (Å²) in [5, 5.41) is 8.43. The Kier molecular flexibility index (Phi) is 5.51. The lowest BCUT2D eigenvalue weighted by molar-refractivity contribution is 0.303. The zero-order valence-electron chi connectivity index (χ0n) is 10.6. The molecule has 2 N–H and O–H groups in total. The highest BCUT2D eigenvalue weighted by Gasteiger charge is 2.07. The first-order valence-corrected chi connectivity index (χ1v) is 6.01. The Morgan fingerprint density at radius 1 is 1.41 bits per heavy atom. The number of nitriles is 1. The first kappa shape index (κ1) is 13.5. The van der Waals surface area contributed by atoms with Gasteiger partial charge in [0.1, 0.15) is 5.75 Å². The summed E-state index contributed by atoms with van der Waals surface area (Å²) in [6.07, 6.45) is 2.38. The Morgan fingerprint density at radius 2 is 2.18 bits per heavy atom. The van der Waals surface area contributed by atoms with Crippen LogP contribution in [0.1, 0.15) is 43.4 Å². The van der Waals surface area contributed by atoms with Gasteiger partial charge in [-0.05, 0) is 38.3 Å². The number of benzene rings is 1. The average molecular weight is 232 g/mol. The number of hydrogen-bond acceptors (Lipinski definition) is 3. The van der Waals surface area contributed by atoms with Crippen LogP contribution >= 0.6 is 0 Å². The van der Waals surface area contributed by atoms with Crippen molar-refractivity contribution < 1.29 is 4.74 Å². The molecule has 3 nitrogen and oxygen atoms in total. The lowest BCUT2D eigenvalue weighted by atomic mass is 10.1.